The van der Waals surface area contributed by atoms with E-state index < -0.39 is 20.2 Å². The maximum Gasteiger partial charge on any atom is 0.306 e. The third-order valence-electron chi connectivity index (χ3n) is 6.52. The number of rotatable bonds is 11. The van der Waals surface area contributed by atoms with E-state index >= 15 is 0 Å². The summed E-state index contributed by atoms with van der Waals surface area (Å²) in [5.41, 5.74) is 5.91. The van der Waals surface area contributed by atoms with E-state index in [0.29, 0.717) is 40.4 Å². The molecule has 0 unspecified atom stereocenters. The molecule has 4 aromatic carbocycles. The number of aryl methyl sites for hydroxylation is 3. The van der Waals surface area contributed by atoms with Crippen LogP contribution < -0.4 is 22.6 Å². The quantitative estimate of drug-likeness (QED) is 0.179. The number of ether oxygens (including phenoxy) is 3. The first-order chi connectivity index (χ1) is 20.2. The zero-order valence-corrected chi connectivity index (χ0v) is 26.7. The first kappa shape index (κ1) is 31.7. The van der Waals surface area contributed by atoms with Gasteiger partial charge in [-0.25, -0.2) is 0 Å². The molecule has 43 heavy (non-hydrogen) atoms. The molecular formula is C32H34O9S2. The monoisotopic (exact) mass is 626 g/mol. The molecule has 0 heterocycles. The standard InChI is InChI=1S/C32H34O9S2/c1-20-8-10-23(11-9-20)19-39-30-21(2)16-25(17-22(30)3)29-28(37-4)18-27(31(38-5)32(29)41-43(7,35)36)24-12-14-26(15-13-24)40-42(6,33)34/h8-18H,19H2,1-7H3. The summed E-state index contributed by atoms with van der Waals surface area (Å²) >= 11 is 0. The molecule has 0 bridgehead atoms. The summed E-state index contributed by atoms with van der Waals surface area (Å²) in [6, 6.07) is 19.8. The van der Waals surface area contributed by atoms with E-state index in [0.717, 1.165) is 29.2 Å². The van der Waals surface area contributed by atoms with Crippen molar-refractivity contribution in [2.45, 2.75) is 27.4 Å². The topological polar surface area (TPSA) is 114 Å². The zero-order chi connectivity index (χ0) is 31.5. The fourth-order valence-electron chi connectivity index (χ4n) is 4.73. The number of hydrogen-bond donors (Lipinski definition) is 0. The molecule has 0 radical (unpaired) electrons. The van der Waals surface area contributed by atoms with E-state index in [4.69, 9.17) is 22.6 Å². The second-order valence-electron chi connectivity index (χ2n) is 10.2. The van der Waals surface area contributed by atoms with Crippen LogP contribution in [-0.2, 0) is 26.8 Å². The van der Waals surface area contributed by atoms with E-state index in [1.54, 1.807) is 18.2 Å². The Labute approximate surface area is 253 Å². The lowest BCUT2D eigenvalue weighted by Crippen LogP contribution is -2.09. The summed E-state index contributed by atoms with van der Waals surface area (Å²) in [5.74, 6) is 1.26. The highest BCUT2D eigenvalue weighted by Crippen LogP contribution is 2.51. The third kappa shape index (κ3) is 7.79. The minimum absolute atomic E-state index is 0.0528. The van der Waals surface area contributed by atoms with Gasteiger partial charge in [-0.05, 0) is 78.9 Å². The molecule has 0 saturated heterocycles. The third-order valence-corrected chi connectivity index (χ3v) is 7.49. The van der Waals surface area contributed by atoms with Crippen LogP contribution in [-0.4, -0.2) is 43.6 Å². The van der Waals surface area contributed by atoms with Crippen molar-refractivity contribution in [3.63, 3.8) is 0 Å². The van der Waals surface area contributed by atoms with E-state index in [-0.39, 0.29) is 17.2 Å². The smallest absolute Gasteiger partial charge is 0.306 e. The zero-order valence-electron chi connectivity index (χ0n) is 25.0. The van der Waals surface area contributed by atoms with Gasteiger partial charge in [-0.2, -0.15) is 16.8 Å². The number of methoxy groups -OCH3 is 2. The summed E-state index contributed by atoms with van der Waals surface area (Å²) in [7, 11) is -4.84. The second-order valence-corrected chi connectivity index (χ2v) is 13.3. The van der Waals surface area contributed by atoms with Gasteiger partial charge in [0.05, 0.1) is 32.3 Å². The molecule has 0 aliphatic rings. The van der Waals surface area contributed by atoms with Crippen LogP contribution >= 0.6 is 0 Å². The van der Waals surface area contributed by atoms with Crippen LogP contribution in [0.1, 0.15) is 22.3 Å². The minimum atomic E-state index is -4.01. The summed E-state index contributed by atoms with van der Waals surface area (Å²) in [6.07, 6.45) is 1.90. The summed E-state index contributed by atoms with van der Waals surface area (Å²) in [6.45, 7) is 6.25. The molecule has 0 aliphatic carbocycles. The molecule has 0 aliphatic heterocycles. The van der Waals surface area contributed by atoms with Crippen molar-refractivity contribution in [3.05, 3.63) is 89.0 Å². The maximum atomic E-state index is 12.5. The Kier molecular flexibility index (Phi) is 9.26. The molecule has 228 valence electrons. The van der Waals surface area contributed by atoms with E-state index in [1.165, 1.54) is 31.9 Å². The van der Waals surface area contributed by atoms with Crippen molar-refractivity contribution < 1.29 is 39.4 Å². The second kappa shape index (κ2) is 12.6. The Bertz CT molecular complexity index is 1820. The minimum Gasteiger partial charge on any atom is -0.496 e. The van der Waals surface area contributed by atoms with Gasteiger partial charge in [-0.15, -0.1) is 0 Å². The summed E-state index contributed by atoms with van der Waals surface area (Å²) in [4.78, 5) is 0. The number of hydrogen-bond acceptors (Lipinski definition) is 9. The lowest BCUT2D eigenvalue weighted by Gasteiger charge is -2.22. The predicted octanol–water partition coefficient (Wildman–Crippen LogP) is 6.22. The Balaban J connectivity index is 1.84. The molecule has 11 heteroatoms. The van der Waals surface area contributed by atoms with Gasteiger partial charge in [-0.3, -0.25) is 0 Å². The van der Waals surface area contributed by atoms with Crippen molar-refractivity contribution in [2.24, 2.45) is 0 Å². The van der Waals surface area contributed by atoms with Gasteiger partial charge in [-0.1, -0.05) is 42.0 Å². The largest absolute Gasteiger partial charge is 0.496 e. The van der Waals surface area contributed by atoms with Crippen LogP contribution in [0.2, 0.25) is 0 Å². The van der Waals surface area contributed by atoms with Gasteiger partial charge in [0.15, 0.2) is 11.5 Å². The highest BCUT2D eigenvalue weighted by Gasteiger charge is 2.27. The van der Waals surface area contributed by atoms with Crippen LogP contribution in [0.3, 0.4) is 0 Å². The molecule has 9 nitrogen and oxygen atoms in total. The Morgan fingerprint density at radius 1 is 0.628 bits per heavy atom. The van der Waals surface area contributed by atoms with Crippen LogP contribution in [0, 0.1) is 20.8 Å². The van der Waals surface area contributed by atoms with Gasteiger partial charge in [0.1, 0.15) is 23.9 Å². The molecular weight excluding hydrogens is 592 g/mol. The number of benzene rings is 4. The Hall–Kier alpha value is -4.22. The average Bonchev–Trinajstić information content (AvgIpc) is 2.91. The molecule has 0 fully saturated rings. The van der Waals surface area contributed by atoms with Crippen molar-refractivity contribution in [3.8, 4) is 51.0 Å². The van der Waals surface area contributed by atoms with Crippen LogP contribution in [0.5, 0.6) is 28.7 Å². The lowest BCUT2D eigenvalue weighted by atomic mass is 9.94. The normalized spacial score (nSPS) is 11.6. The average molecular weight is 627 g/mol. The van der Waals surface area contributed by atoms with Gasteiger partial charge >= 0.3 is 20.2 Å². The van der Waals surface area contributed by atoms with E-state index in [9.17, 15) is 16.8 Å². The Morgan fingerprint density at radius 2 is 1.21 bits per heavy atom. The molecule has 0 atom stereocenters. The molecule has 0 aromatic heterocycles. The summed E-state index contributed by atoms with van der Waals surface area (Å²) in [5, 5.41) is 0. The van der Waals surface area contributed by atoms with Crippen LogP contribution in [0.4, 0.5) is 0 Å². The highest BCUT2D eigenvalue weighted by molar-refractivity contribution is 7.86. The lowest BCUT2D eigenvalue weighted by molar-refractivity contribution is 0.302. The Morgan fingerprint density at radius 3 is 1.72 bits per heavy atom. The van der Waals surface area contributed by atoms with Gasteiger partial charge in [0.25, 0.3) is 0 Å². The molecule has 0 amide bonds. The molecule has 0 N–H and O–H groups in total. The first-order valence-corrected chi connectivity index (χ1v) is 16.8. The molecule has 0 spiro atoms. The van der Waals surface area contributed by atoms with E-state index in [2.05, 4.69) is 0 Å². The fraction of sp³-hybridized carbons (Fsp3) is 0.250. The highest BCUT2D eigenvalue weighted by atomic mass is 32.2. The van der Waals surface area contributed by atoms with Crippen LogP contribution in [0.25, 0.3) is 22.3 Å². The first-order valence-electron chi connectivity index (χ1n) is 13.2. The van der Waals surface area contributed by atoms with Crippen LogP contribution in [0.15, 0.2) is 66.7 Å². The SMILES string of the molecule is COc1cc(-c2ccc(OS(C)(=O)=O)cc2)c(OC)c(OS(C)(=O)=O)c1-c1cc(C)c(OCc2ccc(C)cc2)c(C)c1. The predicted molar refractivity (Wildman–Crippen MR) is 166 cm³/mol. The molecule has 0 saturated carbocycles. The van der Waals surface area contributed by atoms with Crippen molar-refractivity contribution in [1.29, 1.82) is 0 Å². The van der Waals surface area contributed by atoms with E-state index in [1.807, 2.05) is 57.2 Å². The van der Waals surface area contributed by atoms with Gasteiger partial charge < -0.3 is 22.6 Å². The maximum absolute atomic E-state index is 12.5. The van der Waals surface area contributed by atoms with Crippen molar-refractivity contribution >= 4 is 20.2 Å². The summed E-state index contributed by atoms with van der Waals surface area (Å²) < 4.78 is 76.2. The molecule has 4 aromatic rings. The van der Waals surface area contributed by atoms with Crippen molar-refractivity contribution in [1.82, 2.24) is 0 Å². The van der Waals surface area contributed by atoms with Crippen molar-refractivity contribution in [2.75, 3.05) is 26.7 Å². The van der Waals surface area contributed by atoms with Gasteiger partial charge in [0, 0.05) is 5.56 Å². The van der Waals surface area contributed by atoms with Gasteiger partial charge in [0.2, 0.25) is 0 Å². The fourth-order valence-corrected chi connectivity index (χ4v) is 5.65. The molecule has 4 rings (SSSR count).